The number of nitrogens with zero attached hydrogens (tertiary/aromatic N) is 3. The maximum atomic E-state index is 11.1. The topological polar surface area (TPSA) is 68.0 Å². The van der Waals surface area contributed by atoms with Gasteiger partial charge in [-0.15, -0.1) is 0 Å². The van der Waals surface area contributed by atoms with Crippen LogP contribution in [-0.2, 0) is 7.05 Å². The van der Waals surface area contributed by atoms with Crippen molar-refractivity contribution in [1.82, 2.24) is 14.8 Å². The number of aromatic nitrogens is 3. The molecule has 0 aliphatic carbocycles. The molecule has 0 spiro atoms. The van der Waals surface area contributed by atoms with Crippen molar-refractivity contribution in [3.8, 4) is 11.1 Å². The maximum absolute atomic E-state index is 11.1. The number of rotatable bonds is 2. The Morgan fingerprint density at radius 2 is 2.19 bits per heavy atom. The molecule has 1 N–H and O–H groups in total. The number of hydrogen-bond donors (Lipinski definition) is 1. The number of pyridine rings is 1. The van der Waals surface area contributed by atoms with Crippen LogP contribution in [0.2, 0.25) is 0 Å². The lowest BCUT2D eigenvalue weighted by Gasteiger charge is -2.03. The molecule has 82 valence electrons. The molecule has 2 aromatic heterocycles. The van der Waals surface area contributed by atoms with Crippen molar-refractivity contribution in [2.75, 3.05) is 0 Å². The molecular formula is C11H11N3O2. The van der Waals surface area contributed by atoms with Gasteiger partial charge in [-0.05, 0) is 13.0 Å². The van der Waals surface area contributed by atoms with E-state index in [1.165, 1.54) is 0 Å². The van der Waals surface area contributed by atoms with E-state index in [9.17, 15) is 4.79 Å². The van der Waals surface area contributed by atoms with Crippen LogP contribution < -0.4 is 0 Å². The average molecular weight is 217 g/mol. The van der Waals surface area contributed by atoms with Crippen molar-refractivity contribution in [2.45, 2.75) is 6.92 Å². The Morgan fingerprint density at radius 3 is 2.75 bits per heavy atom. The van der Waals surface area contributed by atoms with E-state index in [0.29, 0.717) is 11.3 Å². The van der Waals surface area contributed by atoms with Gasteiger partial charge in [-0.2, -0.15) is 5.10 Å². The van der Waals surface area contributed by atoms with Crippen LogP contribution in [0, 0.1) is 6.92 Å². The predicted octanol–water partition coefficient (Wildman–Crippen LogP) is 1.49. The monoisotopic (exact) mass is 217 g/mol. The number of carboxylic acid groups (broad SMARTS) is 1. The molecular weight excluding hydrogens is 206 g/mol. The standard InChI is InChI=1S/C11H11N3O2/c1-7-3-4-9(10(13-7)11(15)16)8-5-12-14(2)6-8/h3-6H,1-2H3,(H,15,16). The minimum absolute atomic E-state index is 0.0630. The van der Waals surface area contributed by atoms with E-state index in [1.807, 2.05) is 0 Å². The maximum Gasteiger partial charge on any atom is 0.355 e. The zero-order valence-corrected chi connectivity index (χ0v) is 9.01. The van der Waals surface area contributed by atoms with Crippen molar-refractivity contribution in [1.29, 1.82) is 0 Å². The molecule has 0 bridgehead atoms. The Bertz CT molecular complexity index is 546. The van der Waals surface area contributed by atoms with Crippen molar-refractivity contribution < 1.29 is 9.90 Å². The third-order valence-corrected chi connectivity index (χ3v) is 2.25. The summed E-state index contributed by atoms with van der Waals surface area (Å²) in [6.07, 6.45) is 3.39. The number of carbonyl (C=O) groups is 1. The molecule has 0 atom stereocenters. The van der Waals surface area contributed by atoms with Crippen LogP contribution in [0.3, 0.4) is 0 Å². The van der Waals surface area contributed by atoms with Crippen LogP contribution in [-0.4, -0.2) is 25.8 Å². The summed E-state index contributed by atoms with van der Waals surface area (Å²) in [5.74, 6) is -1.03. The second-order valence-electron chi connectivity index (χ2n) is 3.56. The fourth-order valence-corrected chi connectivity index (χ4v) is 1.51. The molecule has 5 heteroatoms. The number of aryl methyl sites for hydroxylation is 2. The Hall–Kier alpha value is -2.17. The Morgan fingerprint density at radius 1 is 1.44 bits per heavy atom. The smallest absolute Gasteiger partial charge is 0.355 e. The van der Waals surface area contributed by atoms with Crippen LogP contribution in [0.4, 0.5) is 0 Å². The molecule has 5 nitrogen and oxygen atoms in total. The summed E-state index contributed by atoms with van der Waals surface area (Å²) in [5, 5.41) is 13.1. The highest BCUT2D eigenvalue weighted by Gasteiger charge is 2.14. The minimum atomic E-state index is -1.03. The molecule has 2 rings (SSSR count). The largest absolute Gasteiger partial charge is 0.476 e. The van der Waals surface area contributed by atoms with Gasteiger partial charge in [-0.3, -0.25) is 4.68 Å². The van der Waals surface area contributed by atoms with Gasteiger partial charge < -0.3 is 5.11 Å². The van der Waals surface area contributed by atoms with Gasteiger partial charge in [0.25, 0.3) is 0 Å². The molecule has 2 heterocycles. The summed E-state index contributed by atoms with van der Waals surface area (Å²) in [6, 6.07) is 3.54. The highest BCUT2D eigenvalue weighted by molar-refractivity contribution is 5.93. The highest BCUT2D eigenvalue weighted by Crippen LogP contribution is 2.22. The third-order valence-electron chi connectivity index (χ3n) is 2.25. The van der Waals surface area contributed by atoms with Gasteiger partial charge >= 0.3 is 5.97 Å². The van der Waals surface area contributed by atoms with E-state index in [4.69, 9.17) is 5.11 Å². The highest BCUT2D eigenvalue weighted by atomic mass is 16.4. The van der Waals surface area contributed by atoms with E-state index in [0.717, 1.165) is 5.56 Å². The van der Waals surface area contributed by atoms with E-state index < -0.39 is 5.97 Å². The van der Waals surface area contributed by atoms with E-state index in [-0.39, 0.29) is 5.69 Å². The van der Waals surface area contributed by atoms with Crippen molar-refractivity contribution in [3.63, 3.8) is 0 Å². The molecule has 2 aromatic rings. The normalized spacial score (nSPS) is 10.4. The van der Waals surface area contributed by atoms with Gasteiger partial charge in [0.15, 0.2) is 5.69 Å². The Kier molecular flexibility index (Phi) is 2.44. The second kappa shape index (κ2) is 3.77. The summed E-state index contributed by atoms with van der Waals surface area (Å²) in [4.78, 5) is 15.1. The van der Waals surface area contributed by atoms with Crippen molar-refractivity contribution in [3.05, 3.63) is 35.9 Å². The minimum Gasteiger partial charge on any atom is -0.476 e. The molecule has 0 radical (unpaired) electrons. The van der Waals surface area contributed by atoms with Gasteiger partial charge in [0.05, 0.1) is 6.20 Å². The Balaban J connectivity index is 2.60. The molecule has 0 unspecified atom stereocenters. The second-order valence-corrected chi connectivity index (χ2v) is 3.56. The number of hydrogen-bond acceptors (Lipinski definition) is 3. The fraction of sp³-hybridized carbons (Fsp3) is 0.182. The zero-order chi connectivity index (χ0) is 11.7. The molecule has 0 aliphatic rings. The quantitative estimate of drug-likeness (QED) is 0.827. The summed E-state index contributed by atoms with van der Waals surface area (Å²) >= 11 is 0. The fourth-order valence-electron chi connectivity index (χ4n) is 1.51. The van der Waals surface area contributed by atoms with Crippen molar-refractivity contribution >= 4 is 5.97 Å². The number of aromatic carboxylic acids is 1. The molecule has 0 aliphatic heterocycles. The molecule has 16 heavy (non-hydrogen) atoms. The van der Waals surface area contributed by atoms with Crippen molar-refractivity contribution in [2.24, 2.45) is 7.05 Å². The van der Waals surface area contributed by atoms with Crippen LogP contribution in [0.5, 0.6) is 0 Å². The van der Waals surface area contributed by atoms with Gasteiger partial charge in [-0.25, -0.2) is 9.78 Å². The predicted molar refractivity (Wildman–Crippen MR) is 58.1 cm³/mol. The van der Waals surface area contributed by atoms with Gasteiger partial charge in [0.1, 0.15) is 0 Å². The third kappa shape index (κ3) is 1.79. The van der Waals surface area contributed by atoms with Crippen LogP contribution in [0.15, 0.2) is 24.5 Å². The van der Waals surface area contributed by atoms with Gasteiger partial charge in [0, 0.05) is 30.1 Å². The van der Waals surface area contributed by atoms with Crippen LogP contribution in [0.1, 0.15) is 16.2 Å². The van der Waals surface area contributed by atoms with Gasteiger partial charge in [0.2, 0.25) is 0 Å². The first-order valence-corrected chi connectivity index (χ1v) is 4.78. The summed E-state index contributed by atoms with van der Waals surface area (Å²) in [6.45, 7) is 1.76. The molecule has 0 saturated carbocycles. The summed E-state index contributed by atoms with van der Waals surface area (Å²) < 4.78 is 1.63. The van der Waals surface area contributed by atoms with Crippen LogP contribution in [0.25, 0.3) is 11.1 Å². The number of carboxylic acids is 1. The Labute approximate surface area is 92.4 Å². The van der Waals surface area contributed by atoms with E-state index in [1.54, 1.807) is 43.2 Å². The molecule has 0 saturated heterocycles. The first-order chi connectivity index (χ1) is 7.58. The lowest BCUT2D eigenvalue weighted by atomic mass is 10.1. The SMILES string of the molecule is Cc1ccc(-c2cnn(C)c2)c(C(=O)O)n1. The van der Waals surface area contributed by atoms with Crippen LogP contribution >= 0.6 is 0 Å². The van der Waals surface area contributed by atoms with E-state index >= 15 is 0 Å². The molecule has 0 amide bonds. The molecule has 0 aromatic carbocycles. The summed E-state index contributed by atoms with van der Waals surface area (Å²) in [5.41, 5.74) is 2.09. The lowest BCUT2D eigenvalue weighted by Crippen LogP contribution is -2.04. The van der Waals surface area contributed by atoms with Gasteiger partial charge in [-0.1, -0.05) is 6.07 Å². The molecule has 0 fully saturated rings. The summed E-state index contributed by atoms with van der Waals surface area (Å²) in [7, 11) is 1.78. The lowest BCUT2D eigenvalue weighted by molar-refractivity contribution is 0.0691. The first kappa shape index (κ1) is 10.4. The first-order valence-electron chi connectivity index (χ1n) is 4.78. The van der Waals surface area contributed by atoms with E-state index in [2.05, 4.69) is 10.1 Å². The average Bonchev–Trinajstić information content (AvgIpc) is 2.64. The zero-order valence-electron chi connectivity index (χ0n) is 9.01.